The summed E-state index contributed by atoms with van der Waals surface area (Å²) in [5, 5.41) is 25.5. The highest BCUT2D eigenvalue weighted by Gasteiger charge is 2.07. The molecule has 0 spiro atoms. The number of non-ortho nitro benzene ring substituents is 1. The molecule has 0 radical (unpaired) electrons. The first-order valence-corrected chi connectivity index (χ1v) is 8.71. The Kier molecular flexibility index (Phi) is 5.95. The molecule has 3 aromatic rings. The topological polar surface area (TPSA) is 110 Å². The number of aromatic nitrogens is 3. The smallest absolute Gasteiger partial charge is 0.269 e. The van der Waals surface area contributed by atoms with Crippen LogP contribution in [0.5, 0.6) is 0 Å². The van der Waals surface area contributed by atoms with Crippen LogP contribution in [0.3, 0.4) is 0 Å². The summed E-state index contributed by atoms with van der Waals surface area (Å²) in [6.45, 7) is 7.20. The summed E-state index contributed by atoms with van der Waals surface area (Å²) in [5.41, 5.74) is 2.68. The van der Waals surface area contributed by atoms with Crippen LogP contribution < -0.4 is 10.6 Å². The third-order valence-corrected chi connectivity index (χ3v) is 3.92. The lowest BCUT2D eigenvalue weighted by molar-refractivity contribution is -0.384. The highest BCUT2D eigenvalue weighted by atomic mass is 16.6. The summed E-state index contributed by atoms with van der Waals surface area (Å²) in [5.74, 6) is 1.35. The zero-order valence-electron chi connectivity index (χ0n) is 15.5. The number of pyridine rings is 1. The molecule has 28 heavy (non-hydrogen) atoms. The van der Waals surface area contributed by atoms with Gasteiger partial charge in [0.2, 0.25) is 0 Å². The Morgan fingerprint density at radius 2 is 2.00 bits per heavy atom. The van der Waals surface area contributed by atoms with Gasteiger partial charge in [-0.25, -0.2) is 4.99 Å². The van der Waals surface area contributed by atoms with Crippen molar-refractivity contribution in [1.82, 2.24) is 25.2 Å². The molecule has 0 aliphatic heterocycles. The van der Waals surface area contributed by atoms with Crippen LogP contribution >= 0.6 is 0 Å². The van der Waals surface area contributed by atoms with Gasteiger partial charge in [-0.1, -0.05) is 30.4 Å². The summed E-state index contributed by atoms with van der Waals surface area (Å²) in [7, 11) is 0. The number of nitro benzene ring substituents is 1. The quantitative estimate of drug-likeness (QED) is 0.215. The van der Waals surface area contributed by atoms with Gasteiger partial charge in [0, 0.05) is 24.9 Å². The third-order valence-electron chi connectivity index (χ3n) is 3.92. The number of rotatable bonds is 7. The van der Waals surface area contributed by atoms with Crippen molar-refractivity contribution >= 4 is 17.3 Å². The second kappa shape index (κ2) is 8.76. The zero-order chi connectivity index (χ0) is 19.9. The second-order valence-corrected chi connectivity index (χ2v) is 6.30. The second-order valence-electron chi connectivity index (χ2n) is 6.30. The van der Waals surface area contributed by atoms with Gasteiger partial charge in [-0.15, -0.1) is 10.2 Å². The molecule has 0 saturated carbocycles. The van der Waals surface area contributed by atoms with Crippen LogP contribution in [0.15, 0.2) is 65.8 Å². The van der Waals surface area contributed by atoms with E-state index in [9.17, 15) is 10.1 Å². The van der Waals surface area contributed by atoms with Crippen molar-refractivity contribution in [3.8, 4) is 0 Å². The molecule has 1 aromatic carbocycles. The average Bonchev–Trinajstić information content (AvgIpc) is 3.11. The summed E-state index contributed by atoms with van der Waals surface area (Å²) in [6, 6.07) is 12.1. The van der Waals surface area contributed by atoms with Crippen molar-refractivity contribution in [3.63, 3.8) is 0 Å². The van der Waals surface area contributed by atoms with E-state index in [4.69, 9.17) is 0 Å². The van der Waals surface area contributed by atoms with Gasteiger partial charge in [-0.3, -0.25) is 14.5 Å². The molecule has 0 fully saturated rings. The van der Waals surface area contributed by atoms with Gasteiger partial charge in [-0.05, 0) is 24.6 Å². The molecule has 0 aliphatic rings. The maximum atomic E-state index is 10.8. The van der Waals surface area contributed by atoms with Crippen LogP contribution in [0.2, 0.25) is 0 Å². The molecule has 144 valence electrons. The first kappa shape index (κ1) is 19.0. The molecule has 0 saturated heterocycles. The molecule has 0 amide bonds. The highest BCUT2D eigenvalue weighted by molar-refractivity contribution is 5.80. The fourth-order valence-electron chi connectivity index (χ4n) is 2.48. The van der Waals surface area contributed by atoms with Crippen molar-refractivity contribution in [2.45, 2.75) is 20.0 Å². The minimum Gasteiger partial charge on any atom is -0.353 e. The van der Waals surface area contributed by atoms with E-state index in [1.165, 1.54) is 12.1 Å². The van der Waals surface area contributed by atoms with Crippen molar-refractivity contribution in [2.24, 2.45) is 4.99 Å². The fraction of sp³-hybridized carbons (Fsp3) is 0.211. The van der Waals surface area contributed by atoms with Crippen molar-refractivity contribution in [3.05, 3.63) is 82.3 Å². The molecule has 0 unspecified atom stereocenters. The maximum absolute atomic E-state index is 10.8. The summed E-state index contributed by atoms with van der Waals surface area (Å²) < 4.78 is 1.90. The largest absolute Gasteiger partial charge is 0.353 e. The number of nitro groups is 1. The number of hydrogen-bond acceptors (Lipinski definition) is 5. The van der Waals surface area contributed by atoms with Gasteiger partial charge < -0.3 is 10.6 Å². The van der Waals surface area contributed by atoms with Gasteiger partial charge in [0.25, 0.3) is 5.69 Å². The molecule has 2 aromatic heterocycles. The van der Waals surface area contributed by atoms with E-state index in [2.05, 4.69) is 32.4 Å². The van der Waals surface area contributed by atoms with Crippen molar-refractivity contribution in [2.75, 3.05) is 6.54 Å². The predicted octanol–water partition coefficient (Wildman–Crippen LogP) is 2.45. The van der Waals surface area contributed by atoms with Gasteiger partial charge >= 0.3 is 0 Å². The molecular weight excluding hydrogens is 358 g/mol. The van der Waals surface area contributed by atoms with Gasteiger partial charge in [0.15, 0.2) is 17.4 Å². The molecule has 2 N–H and O–H groups in total. The number of hydrogen-bond donors (Lipinski definition) is 2. The normalized spacial score (nSPS) is 11.4. The number of fused-ring (bicyclic) bond motifs is 1. The number of nitrogens with one attached hydrogen (secondary N) is 2. The highest BCUT2D eigenvalue weighted by Crippen LogP contribution is 2.12. The Labute approximate surface area is 162 Å². The Hall–Kier alpha value is -3.75. The van der Waals surface area contributed by atoms with Gasteiger partial charge in [0.05, 0.1) is 18.0 Å². The minimum absolute atomic E-state index is 0.0603. The van der Waals surface area contributed by atoms with Crippen molar-refractivity contribution in [1.29, 1.82) is 0 Å². The van der Waals surface area contributed by atoms with Crippen LogP contribution in [0.25, 0.3) is 5.65 Å². The van der Waals surface area contributed by atoms with Gasteiger partial charge in [0.1, 0.15) is 0 Å². The third kappa shape index (κ3) is 4.91. The van der Waals surface area contributed by atoms with Gasteiger partial charge in [-0.2, -0.15) is 0 Å². The lowest BCUT2D eigenvalue weighted by Gasteiger charge is -2.12. The van der Waals surface area contributed by atoms with Crippen LogP contribution in [0, 0.1) is 10.1 Å². The SMILES string of the molecule is C=C(C)CNC(=NCc1ccc([N+](=O)[O-])cc1)NCc1nnc2ccccn12. The van der Waals surface area contributed by atoms with E-state index in [-0.39, 0.29) is 5.69 Å². The Bertz CT molecular complexity index is 1010. The number of nitrogens with zero attached hydrogens (tertiary/aromatic N) is 5. The van der Waals surface area contributed by atoms with E-state index in [1.54, 1.807) is 12.1 Å². The summed E-state index contributed by atoms with van der Waals surface area (Å²) >= 11 is 0. The van der Waals surface area contributed by atoms with E-state index >= 15 is 0 Å². The lowest BCUT2D eigenvalue weighted by atomic mass is 10.2. The molecular formula is C19H21N7O2. The Morgan fingerprint density at radius 3 is 2.71 bits per heavy atom. The van der Waals surface area contributed by atoms with E-state index in [0.29, 0.717) is 25.6 Å². The first-order chi connectivity index (χ1) is 13.5. The molecule has 3 rings (SSSR count). The molecule has 9 nitrogen and oxygen atoms in total. The Balaban J connectivity index is 1.69. The summed E-state index contributed by atoms with van der Waals surface area (Å²) in [4.78, 5) is 14.9. The molecule has 9 heteroatoms. The lowest BCUT2D eigenvalue weighted by Crippen LogP contribution is -2.38. The van der Waals surface area contributed by atoms with E-state index < -0.39 is 4.92 Å². The molecule has 0 atom stereocenters. The fourth-order valence-corrected chi connectivity index (χ4v) is 2.48. The first-order valence-electron chi connectivity index (χ1n) is 8.71. The van der Waals surface area contributed by atoms with E-state index in [1.807, 2.05) is 35.7 Å². The molecule has 0 aliphatic carbocycles. The van der Waals surface area contributed by atoms with Crippen LogP contribution in [0.4, 0.5) is 5.69 Å². The maximum Gasteiger partial charge on any atom is 0.269 e. The number of benzene rings is 1. The minimum atomic E-state index is -0.419. The van der Waals surface area contributed by atoms with Crippen LogP contribution in [0.1, 0.15) is 18.3 Å². The monoisotopic (exact) mass is 379 g/mol. The number of aliphatic imine (C=N–C) groups is 1. The van der Waals surface area contributed by atoms with Crippen LogP contribution in [-0.4, -0.2) is 32.0 Å². The summed E-state index contributed by atoms with van der Waals surface area (Å²) in [6.07, 6.45) is 1.90. The molecule has 2 heterocycles. The molecule has 0 bridgehead atoms. The number of guanidine groups is 1. The van der Waals surface area contributed by atoms with E-state index in [0.717, 1.165) is 22.6 Å². The Morgan fingerprint density at radius 1 is 1.21 bits per heavy atom. The average molecular weight is 379 g/mol. The standard InChI is InChI=1S/C19H21N7O2/c1-14(2)11-20-19(21-12-15-6-8-16(9-7-15)26(27)28)22-13-18-24-23-17-5-3-4-10-25(17)18/h3-10H,1,11-13H2,2H3,(H2,20,21,22). The van der Waals surface area contributed by atoms with Crippen molar-refractivity contribution < 1.29 is 4.92 Å². The van der Waals surface area contributed by atoms with Crippen LogP contribution in [-0.2, 0) is 13.1 Å². The predicted molar refractivity (Wildman–Crippen MR) is 107 cm³/mol. The zero-order valence-corrected chi connectivity index (χ0v) is 15.5.